The predicted molar refractivity (Wildman–Crippen MR) is 108 cm³/mol. The Morgan fingerprint density at radius 1 is 1.30 bits per heavy atom. The van der Waals surface area contributed by atoms with E-state index in [1.54, 1.807) is 18.4 Å². The average molecular weight is 404 g/mol. The van der Waals surface area contributed by atoms with Crippen LogP contribution < -0.4 is 5.32 Å². The molecule has 1 saturated heterocycles. The van der Waals surface area contributed by atoms with Gasteiger partial charge in [-0.2, -0.15) is 0 Å². The molecule has 7 nitrogen and oxygen atoms in total. The number of carbonyl (C=O) groups excluding carboxylic acids is 2. The Kier molecular flexibility index (Phi) is 4.81. The molecule has 2 aliphatic heterocycles. The van der Waals surface area contributed by atoms with Crippen LogP contribution in [0.5, 0.6) is 0 Å². The van der Waals surface area contributed by atoms with Crippen molar-refractivity contribution in [2.24, 2.45) is 10.9 Å². The van der Waals surface area contributed by atoms with E-state index >= 15 is 0 Å². The molecule has 1 fully saturated rings. The van der Waals surface area contributed by atoms with Gasteiger partial charge in [-0.15, -0.1) is 11.3 Å². The molecule has 27 heavy (non-hydrogen) atoms. The summed E-state index contributed by atoms with van der Waals surface area (Å²) >= 11 is 3.08. The Hall–Kier alpha value is -2.13. The quantitative estimate of drug-likeness (QED) is 0.849. The fraction of sp³-hybridized carbons (Fsp3) is 0.444. The van der Waals surface area contributed by atoms with E-state index in [-0.39, 0.29) is 5.91 Å². The number of aliphatic imine (C=N–C) groups is 1. The first kappa shape index (κ1) is 18.2. The SMILES string of the molecule is CC(C)CCN1C(Sc2nc3ccccc3s2)=NC2C1C(=O)NC(=O)N2C. The maximum Gasteiger partial charge on any atom is 0.325 e. The largest absolute Gasteiger partial charge is 0.335 e. The molecule has 2 unspecified atom stereocenters. The third-order valence-corrected chi connectivity index (χ3v) is 6.84. The zero-order valence-electron chi connectivity index (χ0n) is 15.4. The molecule has 2 aliphatic rings. The molecule has 0 bridgehead atoms. The first-order valence-corrected chi connectivity index (χ1v) is 10.5. The number of carbonyl (C=O) groups is 2. The van der Waals surface area contributed by atoms with Crippen LogP contribution in [0.1, 0.15) is 20.3 Å². The highest BCUT2D eigenvalue weighted by Gasteiger charge is 2.48. The number of hydrogen-bond acceptors (Lipinski definition) is 7. The summed E-state index contributed by atoms with van der Waals surface area (Å²) in [4.78, 5) is 37.5. The lowest BCUT2D eigenvalue weighted by Gasteiger charge is -2.36. The zero-order chi connectivity index (χ0) is 19.1. The van der Waals surface area contributed by atoms with Crippen LogP contribution in [0.3, 0.4) is 0 Å². The van der Waals surface area contributed by atoms with Crippen molar-refractivity contribution < 1.29 is 9.59 Å². The summed E-state index contributed by atoms with van der Waals surface area (Å²) < 4.78 is 2.01. The number of amides is 3. The predicted octanol–water partition coefficient (Wildman–Crippen LogP) is 2.98. The molecular weight excluding hydrogens is 382 g/mol. The summed E-state index contributed by atoms with van der Waals surface area (Å²) in [5.74, 6) is 0.222. The highest BCUT2D eigenvalue weighted by Crippen LogP contribution is 2.35. The van der Waals surface area contributed by atoms with Gasteiger partial charge in [0, 0.05) is 13.6 Å². The molecule has 3 heterocycles. The second-order valence-electron chi connectivity index (χ2n) is 7.10. The van der Waals surface area contributed by atoms with Crippen molar-refractivity contribution in [2.45, 2.75) is 36.8 Å². The topological polar surface area (TPSA) is 77.9 Å². The first-order valence-electron chi connectivity index (χ1n) is 8.89. The van der Waals surface area contributed by atoms with Crippen molar-refractivity contribution in [1.29, 1.82) is 0 Å². The summed E-state index contributed by atoms with van der Waals surface area (Å²) in [6.07, 6.45) is 0.448. The number of aromatic nitrogens is 1. The van der Waals surface area contributed by atoms with Crippen LogP contribution in [-0.2, 0) is 4.79 Å². The van der Waals surface area contributed by atoms with E-state index in [1.807, 2.05) is 29.2 Å². The number of urea groups is 1. The molecule has 9 heteroatoms. The van der Waals surface area contributed by atoms with Crippen LogP contribution in [0.15, 0.2) is 33.6 Å². The summed E-state index contributed by atoms with van der Waals surface area (Å²) in [5, 5.41) is 3.19. The number of nitrogens with zero attached hydrogens (tertiary/aromatic N) is 4. The van der Waals surface area contributed by atoms with E-state index in [4.69, 9.17) is 4.99 Å². The molecule has 1 aromatic carbocycles. The van der Waals surface area contributed by atoms with Crippen molar-refractivity contribution in [2.75, 3.05) is 13.6 Å². The first-order chi connectivity index (χ1) is 12.9. The molecule has 2 aromatic rings. The molecule has 0 saturated carbocycles. The Morgan fingerprint density at radius 3 is 2.81 bits per heavy atom. The minimum atomic E-state index is -0.490. The fourth-order valence-electron chi connectivity index (χ4n) is 3.19. The third kappa shape index (κ3) is 3.41. The van der Waals surface area contributed by atoms with Crippen molar-refractivity contribution in [1.82, 2.24) is 20.1 Å². The molecule has 0 aliphatic carbocycles. The molecule has 1 N–H and O–H groups in total. The van der Waals surface area contributed by atoms with Crippen LogP contribution in [0, 0.1) is 5.92 Å². The van der Waals surface area contributed by atoms with Gasteiger partial charge in [0.1, 0.15) is 0 Å². The second-order valence-corrected chi connectivity index (χ2v) is 9.35. The van der Waals surface area contributed by atoms with Crippen LogP contribution in [0.4, 0.5) is 4.79 Å². The molecule has 1 aromatic heterocycles. The lowest BCUT2D eigenvalue weighted by molar-refractivity contribution is -0.127. The van der Waals surface area contributed by atoms with Crippen LogP contribution >= 0.6 is 23.1 Å². The average Bonchev–Trinajstić information content (AvgIpc) is 3.19. The van der Waals surface area contributed by atoms with E-state index in [1.165, 1.54) is 16.7 Å². The Labute approximate surface area is 165 Å². The van der Waals surface area contributed by atoms with E-state index in [2.05, 4.69) is 24.1 Å². The minimum absolute atomic E-state index is 0.282. The molecular formula is C18H21N5O2S2. The molecule has 0 radical (unpaired) electrons. The Bertz CT molecular complexity index is 892. The number of para-hydroxylation sites is 1. The van der Waals surface area contributed by atoms with Crippen molar-refractivity contribution in [3.63, 3.8) is 0 Å². The molecule has 142 valence electrons. The molecule has 3 amide bonds. The van der Waals surface area contributed by atoms with Gasteiger partial charge in [-0.25, -0.2) is 14.8 Å². The van der Waals surface area contributed by atoms with Crippen molar-refractivity contribution in [3.8, 4) is 0 Å². The fourth-order valence-corrected chi connectivity index (χ4v) is 5.33. The number of hydrogen-bond donors (Lipinski definition) is 1. The zero-order valence-corrected chi connectivity index (χ0v) is 17.0. The lowest BCUT2D eigenvalue weighted by Crippen LogP contribution is -2.63. The van der Waals surface area contributed by atoms with Gasteiger partial charge in [0.2, 0.25) is 0 Å². The summed E-state index contributed by atoms with van der Waals surface area (Å²) in [6, 6.07) is 7.11. The van der Waals surface area contributed by atoms with Gasteiger partial charge in [-0.1, -0.05) is 26.0 Å². The van der Waals surface area contributed by atoms with Crippen LogP contribution in [-0.4, -0.2) is 57.7 Å². The minimum Gasteiger partial charge on any atom is -0.335 e. The van der Waals surface area contributed by atoms with Gasteiger partial charge < -0.3 is 9.80 Å². The summed E-state index contributed by atoms with van der Waals surface area (Å²) in [7, 11) is 1.68. The van der Waals surface area contributed by atoms with Gasteiger partial charge in [-0.05, 0) is 36.2 Å². The molecule has 2 atom stereocenters. The van der Waals surface area contributed by atoms with Crippen LogP contribution in [0.25, 0.3) is 10.2 Å². The standard InChI is InChI=1S/C18H21N5O2S2/c1-10(2)8-9-23-13-14(22(3)16(25)21-15(13)24)20-17(23)27-18-19-11-6-4-5-7-12(11)26-18/h4-7,10,13-14H,8-9H2,1-3H3,(H,21,24,25). The van der Waals surface area contributed by atoms with Crippen molar-refractivity contribution >= 4 is 50.4 Å². The maximum absolute atomic E-state index is 12.5. The van der Waals surface area contributed by atoms with Gasteiger partial charge in [0.15, 0.2) is 21.7 Å². The van der Waals surface area contributed by atoms with Crippen molar-refractivity contribution in [3.05, 3.63) is 24.3 Å². The number of rotatable bonds is 4. The number of likely N-dealkylation sites (N-methyl/N-ethyl adjacent to an activating group) is 1. The maximum atomic E-state index is 12.5. The number of imide groups is 1. The summed E-state index contributed by atoms with van der Waals surface area (Å²) in [5.41, 5.74) is 0.958. The number of thioether (sulfide) groups is 1. The van der Waals surface area contributed by atoms with E-state index in [0.717, 1.165) is 26.1 Å². The van der Waals surface area contributed by atoms with Crippen LogP contribution in [0.2, 0.25) is 0 Å². The normalized spacial score (nSPS) is 22.4. The number of thiazole rings is 1. The highest BCUT2D eigenvalue weighted by atomic mass is 32.2. The smallest absolute Gasteiger partial charge is 0.325 e. The second kappa shape index (κ2) is 7.12. The summed E-state index contributed by atoms with van der Waals surface area (Å²) in [6.45, 7) is 5.02. The lowest BCUT2D eigenvalue weighted by atomic mass is 10.1. The number of nitrogens with one attached hydrogen (secondary N) is 1. The molecule has 4 rings (SSSR count). The van der Waals surface area contributed by atoms with Gasteiger partial charge in [0.25, 0.3) is 5.91 Å². The Balaban J connectivity index is 1.64. The molecule has 0 spiro atoms. The number of amidine groups is 1. The number of fused-ring (bicyclic) bond motifs is 2. The third-order valence-electron chi connectivity index (χ3n) is 4.72. The van der Waals surface area contributed by atoms with Gasteiger partial charge >= 0.3 is 6.03 Å². The van der Waals surface area contributed by atoms with E-state index in [9.17, 15) is 9.59 Å². The van der Waals surface area contributed by atoms with E-state index < -0.39 is 18.2 Å². The van der Waals surface area contributed by atoms with Gasteiger partial charge in [-0.3, -0.25) is 10.1 Å². The Morgan fingerprint density at radius 2 is 2.07 bits per heavy atom. The number of benzene rings is 1. The van der Waals surface area contributed by atoms with Gasteiger partial charge in [0.05, 0.1) is 10.2 Å². The highest BCUT2D eigenvalue weighted by molar-refractivity contribution is 8.15. The monoisotopic (exact) mass is 403 g/mol. The van der Waals surface area contributed by atoms with E-state index in [0.29, 0.717) is 12.5 Å².